The lowest BCUT2D eigenvalue weighted by molar-refractivity contribution is 0.0709. The first-order valence-electron chi connectivity index (χ1n) is 7.98. The Bertz CT molecular complexity index is 232. The standard InChI is InChI=1S/C16H32N2/c1-16(2,3)8-12-18-13-15(14-18)7-11-17-9-5-4-6-10-17/h15H,4-14H2,1-3H3. The van der Waals surface area contributed by atoms with Crippen LogP contribution in [-0.2, 0) is 0 Å². The molecular weight excluding hydrogens is 220 g/mol. The summed E-state index contributed by atoms with van der Waals surface area (Å²) >= 11 is 0. The number of hydrogen-bond acceptors (Lipinski definition) is 2. The summed E-state index contributed by atoms with van der Waals surface area (Å²) in [6.07, 6.45) is 7.10. The lowest BCUT2D eigenvalue weighted by atomic mass is 9.89. The number of nitrogens with zero attached hydrogens (tertiary/aromatic N) is 2. The first-order valence-corrected chi connectivity index (χ1v) is 7.98. The fraction of sp³-hybridized carbons (Fsp3) is 1.00. The first-order chi connectivity index (χ1) is 8.53. The zero-order valence-electron chi connectivity index (χ0n) is 12.7. The number of hydrogen-bond donors (Lipinski definition) is 0. The molecule has 0 aromatic rings. The summed E-state index contributed by atoms with van der Waals surface area (Å²) in [7, 11) is 0. The van der Waals surface area contributed by atoms with Gasteiger partial charge in [-0.2, -0.15) is 0 Å². The number of piperidine rings is 1. The van der Waals surface area contributed by atoms with Gasteiger partial charge < -0.3 is 9.80 Å². The summed E-state index contributed by atoms with van der Waals surface area (Å²) in [6.45, 7) is 15.2. The van der Waals surface area contributed by atoms with Crippen LogP contribution < -0.4 is 0 Å². The van der Waals surface area contributed by atoms with E-state index in [0.29, 0.717) is 5.41 Å². The summed E-state index contributed by atoms with van der Waals surface area (Å²) in [5, 5.41) is 0. The van der Waals surface area contributed by atoms with Crippen LogP contribution in [0.25, 0.3) is 0 Å². The summed E-state index contributed by atoms with van der Waals surface area (Å²) in [4.78, 5) is 5.33. The second kappa shape index (κ2) is 6.38. The van der Waals surface area contributed by atoms with E-state index in [1.54, 1.807) is 0 Å². The van der Waals surface area contributed by atoms with E-state index < -0.39 is 0 Å². The molecule has 2 aliphatic rings. The SMILES string of the molecule is CC(C)(C)CCN1CC(CCN2CCCCC2)C1. The predicted molar refractivity (Wildman–Crippen MR) is 78.9 cm³/mol. The zero-order chi connectivity index (χ0) is 13.0. The van der Waals surface area contributed by atoms with Crippen molar-refractivity contribution in [1.29, 1.82) is 0 Å². The van der Waals surface area contributed by atoms with E-state index in [4.69, 9.17) is 0 Å². The molecule has 2 nitrogen and oxygen atoms in total. The van der Waals surface area contributed by atoms with E-state index in [9.17, 15) is 0 Å². The van der Waals surface area contributed by atoms with Crippen molar-refractivity contribution in [2.75, 3.05) is 39.3 Å². The van der Waals surface area contributed by atoms with E-state index in [1.165, 1.54) is 71.4 Å². The predicted octanol–water partition coefficient (Wildman–Crippen LogP) is 3.23. The Morgan fingerprint density at radius 1 is 0.889 bits per heavy atom. The third-order valence-corrected chi connectivity index (χ3v) is 4.51. The van der Waals surface area contributed by atoms with Crippen LogP contribution in [0, 0.1) is 11.3 Å². The van der Waals surface area contributed by atoms with Crippen LogP contribution in [0.1, 0.15) is 52.9 Å². The minimum absolute atomic E-state index is 0.499. The molecule has 2 heteroatoms. The molecule has 18 heavy (non-hydrogen) atoms. The Morgan fingerprint density at radius 3 is 2.17 bits per heavy atom. The van der Waals surface area contributed by atoms with Crippen molar-refractivity contribution in [2.45, 2.75) is 52.9 Å². The summed E-state index contributed by atoms with van der Waals surface area (Å²) in [6, 6.07) is 0. The van der Waals surface area contributed by atoms with Crippen LogP contribution in [-0.4, -0.2) is 49.1 Å². The van der Waals surface area contributed by atoms with Crippen molar-refractivity contribution in [3.63, 3.8) is 0 Å². The van der Waals surface area contributed by atoms with Crippen LogP contribution in [0.15, 0.2) is 0 Å². The van der Waals surface area contributed by atoms with Crippen molar-refractivity contribution >= 4 is 0 Å². The molecule has 2 rings (SSSR count). The van der Waals surface area contributed by atoms with Crippen molar-refractivity contribution < 1.29 is 0 Å². The van der Waals surface area contributed by atoms with Gasteiger partial charge in [0.25, 0.3) is 0 Å². The Hall–Kier alpha value is -0.0800. The van der Waals surface area contributed by atoms with Gasteiger partial charge in [-0.25, -0.2) is 0 Å². The van der Waals surface area contributed by atoms with E-state index >= 15 is 0 Å². The number of rotatable bonds is 5. The molecule has 106 valence electrons. The molecule has 0 saturated carbocycles. The molecule has 0 radical (unpaired) electrons. The molecule has 2 heterocycles. The van der Waals surface area contributed by atoms with Gasteiger partial charge in [-0.15, -0.1) is 0 Å². The molecule has 0 amide bonds. The van der Waals surface area contributed by atoms with E-state index in [1.807, 2.05) is 0 Å². The van der Waals surface area contributed by atoms with Gasteiger partial charge in [0.2, 0.25) is 0 Å². The monoisotopic (exact) mass is 252 g/mol. The molecule has 0 aromatic carbocycles. The fourth-order valence-electron chi connectivity index (χ4n) is 3.08. The van der Waals surface area contributed by atoms with Crippen LogP contribution in [0.3, 0.4) is 0 Å². The zero-order valence-corrected chi connectivity index (χ0v) is 12.7. The average molecular weight is 252 g/mol. The molecule has 0 N–H and O–H groups in total. The van der Waals surface area contributed by atoms with Crippen LogP contribution >= 0.6 is 0 Å². The summed E-state index contributed by atoms with van der Waals surface area (Å²) in [5.41, 5.74) is 0.499. The Labute approximate surface area is 114 Å². The van der Waals surface area contributed by atoms with Gasteiger partial charge in [0.15, 0.2) is 0 Å². The highest BCUT2D eigenvalue weighted by molar-refractivity contribution is 4.82. The molecule has 0 atom stereocenters. The normalized spacial score (nSPS) is 24.2. The van der Waals surface area contributed by atoms with Crippen LogP contribution in [0.2, 0.25) is 0 Å². The Kier molecular flexibility index (Phi) is 5.08. The van der Waals surface area contributed by atoms with E-state index in [0.717, 1.165) is 5.92 Å². The van der Waals surface area contributed by atoms with Gasteiger partial charge in [-0.3, -0.25) is 0 Å². The Balaban J connectivity index is 1.51. The molecule has 2 fully saturated rings. The van der Waals surface area contributed by atoms with Gasteiger partial charge in [-0.1, -0.05) is 27.2 Å². The molecule has 0 unspecified atom stereocenters. The molecule has 0 spiro atoms. The van der Waals surface area contributed by atoms with Crippen LogP contribution in [0.5, 0.6) is 0 Å². The highest BCUT2D eigenvalue weighted by Crippen LogP contribution is 2.24. The molecule has 0 bridgehead atoms. The highest BCUT2D eigenvalue weighted by atomic mass is 15.2. The molecular formula is C16H32N2. The third kappa shape index (κ3) is 4.89. The first kappa shape index (κ1) is 14.3. The third-order valence-electron chi connectivity index (χ3n) is 4.51. The van der Waals surface area contributed by atoms with Gasteiger partial charge >= 0.3 is 0 Å². The average Bonchev–Trinajstić information content (AvgIpc) is 2.26. The second-order valence-electron chi connectivity index (χ2n) is 7.63. The van der Waals surface area contributed by atoms with Crippen molar-refractivity contribution in [3.8, 4) is 0 Å². The van der Waals surface area contributed by atoms with Gasteiger partial charge in [0.1, 0.15) is 0 Å². The van der Waals surface area contributed by atoms with Crippen molar-refractivity contribution in [3.05, 3.63) is 0 Å². The molecule has 0 aliphatic carbocycles. The van der Waals surface area contributed by atoms with E-state index in [2.05, 4.69) is 30.6 Å². The lowest BCUT2D eigenvalue weighted by Crippen LogP contribution is -2.48. The Morgan fingerprint density at radius 2 is 1.56 bits per heavy atom. The quantitative estimate of drug-likeness (QED) is 0.741. The molecule has 2 aliphatic heterocycles. The van der Waals surface area contributed by atoms with Crippen molar-refractivity contribution in [1.82, 2.24) is 9.80 Å². The maximum atomic E-state index is 2.68. The highest BCUT2D eigenvalue weighted by Gasteiger charge is 2.27. The summed E-state index contributed by atoms with van der Waals surface area (Å²) in [5.74, 6) is 0.992. The fourth-order valence-corrected chi connectivity index (χ4v) is 3.08. The topological polar surface area (TPSA) is 6.48 Å². The summed E-state index contributed by atoms with van der Waals surface area (Å²) < 4.78 is 0. The van der Waals surface area contributed by atoms with Crippen molar-refractivity contribution in [2.24, 2.45) is 11.3 Å². The molecule has 2 saturated heterocycles. The maximum absolute atomic E-state index is 2.68. The smallest absolute Gasteiger partial charge is 0.00225 e. The minimum atomic E-state index is 0.499. The van der Waals surface area contributed by atoms with Gasteiger partial charge in [-0.05, 0) is 63.2 Å². The minimum Gasteiger partial charge on any atom is -0.303 e. The maximum Gasteiger partial charge on any atom is 0.00225 e. The lowest BCUT2D eigenvalue weighted by Gasteiger charge is -2.41. The second-order valence-corrected chi connectivity index (χ2v) is 7.63. The number of likely N-dealkylation sites (tertiary alicyclic amines) is 2. The largest absolute Gasteiger partial charge is 0.303 e. The van der Waals surface area contributed by atoms with Crippen LogP contribution in [0.4, 0.5) is 0 Å². The van der Waals surface area contributed by atoms with E-state index in [-0.39, 0.29) is 0 Å². The van der Waals surface area contributed by atoms with Gasteiger partial charge in [0.05, 0.1) is 0 Å². The van der Waals surface area contributed by atoms with Gasteiger partial charge in [0, 0.05) is 13.1 Å². The molecule has 0 aromatic heterocycles.